The van der Waals surface area contributed by atoms with Crippen molar-refractivity contribution in [2.75, 3.05) is 0 Å². The molecule has 0 fully saturated rings. The van der Waals surface area contributed by atoms with Crippen molar-refractivity contribution < 1.29 is 9.09 Å². The fraction of sp³-hybridized carbons (Fsp3) is 0.0476. The number of hydrogen-bond donors (Lipinski definition) is 0. The van der Waals surface area contributed by atoms with Crippen LogP contribution in [0.5, 0.6) is 0 Å². The van der Waals surface area contributed by atoms with Crippen LogP contribution >= 0.6 is 30.0 Å². The van der Waals surface area contributed by atoms with Gasteiger partial charge in [0.15, 0.2) is 0 Å². The lowest BCUT2D eigenvalue weighted by Gasteiger charge is -2.23. The van der Waals surface area contributed by atoms with E-state index < -0.39 is 7.37 Å². The molecule has 0 unspecified atom stereocenters. The molecule has 0 aromatic heterocycles. The highest BCUT2D eigenvalue weighted by atomic mass is 127. The molecule has 0 atom stereocenters. The topological polar surface area (TPSA) is 26.3 Å². The predicted molar refractivity (Wildman–Crippen MR) is 114 cm³/mol. The standard InChI is InChI=1S/C21H18IO2P/c1-17(22)21(18-11-5-2-6-12-18)24-25(23,19-13-7-3-8-14-19)20-15-9-4-10-16-20/h2-16H,1H3/b21-17+. The Hall–Kier alpha value is -1.84. The van der Waals surface area contributed by atoms with Crippen molar-refractivity contribution >= 4 is 46.3 Å². The van der Waals surface area contributed by atoms with Crippen LogP contribution in [0.4, 0.5) is 0 Å². The van der Waals surface area contributed by atoms with E-state index in [1.54, 1.807) is 0 Å². The highest BCUT2D eigenvalue weighted by molar-refractivity contribution is 14.1. The van der Waals surface area contributed by atoms with Gasteiger partial charge in [0.05, 0.1) is 10.6 Å². The maximum absolute atomic E-state index is 14.0. The van der Waals surface area contributed by atoms with Crippen molar-refractivity contribution in [2.24, 2.45) is 0 Å². The van der Waals surface area contributed by atoms with Crippen molar-refractivity contribution in [2.45, 2.75) is 6.92 Å². The van der Waals surface area contributed by atoms with Crippen LogP contribution in [0.15, 0.2) is 94.6 Å². The van der Waals surface area contributed by atoms with Gasteiger partial charge in [0.2, 0.25) is 0 Å². The van der Waals surface area contributed by atoms with Gasteiger partial charge in [-0.25, -0.2) is 0 Å². The van der Waals surface area contributed by atoms with Crippen molar-refractivity contribution in [3.8, 4) is 0 Å². The zero-order valence-electron chi connectivity index (χ0n) is 13.8. The summed E-state index contributed by atoms with van der Waals surface area (Å²) >= 11 is 2.22. The summed E-state index contributed by atoms with van der Waals surface area (Å²) in [5.41, 5.74) is 0.918. The van der Waals surface area contributed by atoms with Gasteiger partial charge in [0.1, 0.15) is 5.76 Å². The molecule has 3 aromatic rings. The van der Waals surface area contributed by atoms with Gasteiger partial charge in [-0.1, -0.05) is 66.7 Å². The van der Waals surface area contributed by atoms with E-state index in [0.717, 1.165) is 9.14 Å². The predicted octanol–water partition coefficient (Wildman–Crippen LogP) is 5.76. The molecule has 0 aliphatic rings. The second-order valence-electron chi connectivity index (χ2n) is 5.54. The van der Waals surface area contributed by atoms with Gasteiger partial charge in [0, 0.05) is 9.14 Å². The van der Waals surface area contributed by atoms with E-state index >= 15 is 0 Å². The van der Waals surface area contributed by atoms with Crippen LogP contribution in [0.25, 0.3) is 5.76 Å². The van der Waals surface area contributed by atoms with Gasteiger partial charge < -0.3 is 4.52 Å². The lowest BCUT2D eigenvalue weighted by Crippen LogP contribution is -2.18. The third kappa shape index (κ3) is 4.05. The molecule has 25 heavy (non-hydrogen) atoms. The Morgan fingerprint density at radius 2 is 1.16 bits per heavy atom. The normalized spacial score (nSPS) is 12.4. The van der Waals surface area contributed by atoms with Crippen molar-refractivity contribution in [3.05, 3.63) is 100 Å². The van der Waals surface area contributed by atoms with Crippen LogP contribution in [0.2, 0.25) is 0 Å². The zero-order valence-corrected chi connectivity index (χ0v) is 16.9. The van der Waals surface area contributed by atoms with E-state index in [4.69, 9.17) is 4.52 Å². The third-order valence-electron chi connectivity index (χ3n) is 3.76. The van der Waals surface area contributed by atoms with E-state index in [1.165, 1.54) is 0 Å². The van der Waals surface area contributed by atoms with Crippen molar-refractivity contribution in [1.82, 2.24) is 0 Å². The summed E-state index contributed by atoms with van der Waals surface area (Å²) in [6.45, 7) is 1.96. The van der Waals surface area contributed by atoms with Gasteiger partial charge in [-0.05, 0) is 53.8 Å². The largest absolute Gasteiger partial charge is 0.435 e. The highest BCUT2D eigenvalue weighted by Gasteiger charge is 2.31. The Kier molecular flexibility index (Phi) is 5.77. The Morgan fingerprint density at radius 1 is 0.760 bits per heavy atom. The Morgan fingerprint density at radius 3 is 1.56 bits per heavy atom. The first-order valence-electron chi connectivity index (χ1n) is 7.94. The van der Waals surface area contributed by atoms with E-state index in [2.05, 4.69) is 22.6 Å². The summed E-state index contributed by atoms with van der Waals surface area (Å²) in [5.74, 6) is 0.650. The Labute approximate surface area is 162 Å². The van der Waals surface area contributed by atoms with Gasteiger partial charge in [-0.2, -0.15) is 0 Å². The second kappa shape index (κ2) is 8.03. The molecule has 0 spiro atoms. The van der Waals surface area contributed by atoms with Gasteiger partial charge in [0.25, 0.3) is 0 Å². The monoisotopic (exact) mass is 460 g/mol. The van der Waals surface area contributed by atoms with Gasteiger partial charge in [-0.15, -0.1) is 0 Å². The molecule has 4 heteroatoms. The minimum Gasteiger partial charge on any atom is -0.435 e. The molecule has 126 valence electrons. The average Bonchev–Trinajstić information content (AvgIpc) is 2.68. The van der Waals surface area contributed by atoms with Crippen LogP contribution < -0.4 is 10.6 Å². The first kappa shape index (κ1) is 18.0. The lowest BCUT2D eigenvalue weighted by molar-refractivity contribution is 0.480. The summed E-state index contributed by atoms with van der Waals surface area (Å²) in [4.78, 5) is 0. The molecule has 0 N–H and O–H groups in total. The van der Waals surface area contributed by atoms with E-state index in [9.17, 15) is 4.57 Å². The molecular weight excluding hydrogens is 442 g/mol. The average molecular weight is 460 g/mol. The molecule has 0 heterocycles. The zero-order chi connectivity index (χ0) is 17.7. The van der Waals surface area contributed by atoms with Gasteiger partial charge in [-0.3, -0.25) is 4.57 Å². The third-order valence-corrected chi connectivity index (χ3v) is 6.65. The van der Waals surface area contributed by atoms with E-state index in [1.807, 2.05) is 97.9 Å². The molecular formula is C21H18IO2P. The van der Waals surface area contributed by atoms with Crippen LogP contribution in [0, 0.1) is 0 Å². The van der Waals surface area contributed by atoms with Gasteiger partial charge >= 0.3 is 7.37 Å². The number of benzene rings is 3. The first-order chi connectivity index (χ1) is 12.1. The van der Waals surface area contributed by atoms with E-state index in [0.29, 0.717) is 16.4 Å². The van der Waals surface area contributed by atoms with Crippen LogP contribution in [0.3, 0.4) is 0 Å². The summed E-state index contributed by atoms with van der Waals surface area (Å²) in [5, 5.41) is 1.37. The molecule has 3 rings (SSSR count). The summed E-state index contributed by atoms with van der Waals surface area (Å²) < 4.78 is 21.3. The summed E-state index contributed by atoms with van der Waals surface area (Å²) in [6, 6.07) is 28.6. The molecule has 0 amide bonds. The van der Waals surface area contributed by atoms with Crippen molar-refractivity contribution in [3.63, 3.8) is 0 Å². The quantitative estimate of drug-likeness (QED) is 0.275. The van der Waals surface area contributed by atoms with Crippen LogP contribution in [-0.2, 0) is 9.09 Å². The summed E-state index contributed by atoms with van der Waals surface area (Å²) in [7, 11) is -3.26. The highest BCUT2D eigenvalue weighted by Crippen LogP contribution is 2.49. The Bertz CT molecular complexity index is 859. The maximum Gasteiger partial charge on any atom is 0.306 e. The SMILES string of the molecule is C/C(I)=C(\OP(=O)(c1ccccc1)c1ccccc1)c1ccccc1. The minimum absolute atomic E-state index is 0.650. The lowest BCUT2D eigenvalue weighted by atomic mass is 10.2. The Balaban J connectivity index is 2.13. The number of rotatable bonds is 5. The fourth-order valence-electron chi connectivity index (χ4n) is 2.54. The molecule has 0 aliphatic heterocycles. The molecule has 0 saturated carbocycles. The minimum atomic E-state index is -3.26. The fourth-order valence-corrected chi connectivity index (χ4v) is 5.27. The summed E-state index contributed by atoms with van der Waals surface area (Å²) in [6.07, 6.45) is 0. The van der Waals surface area contributed by atoms with Crippen LogP contribution in [0.1, 0.15) is 12.5 Å². The molecule has 0 bridgehead atoms. The molecule has 0 radical (unpaired) electrons. The first-order valence-corrected chi connectivity index (χ1v) is 10.6. The number of allylic oxidation sites excluding steroid dienone is 1. The van der Waals surface area contributed by atoms with Crippen molar-refractivity contribution in [1.29, 1.82) is 0 Å². The molecule has 0 saturated heterocycles. The smallest absolute Gasteiger partial charge is 0.306 e. The van der Waals surface area contributed by atoms with Crippen LogP contribution in [-0.4, -0.2) is 0 Å². The van der Waals surface area contributed by atoms with E-state index in [-0.39, 0.29) is 0 Å². The molecule has 2 nitrogen and oxygen atoms in total. The molecule has 3 aromatic carbocycles. The molecule has 0 aliphatic carbocycles. The second-order valence-corrected chi connectivity index (χ2v) is 9.48. The number of halogens is 1. The maximum atomic E-state index is 14.0. The number of hydrogen-bond acceptors (Lipinski definition) is 2.